The molecule has 1 fully saturated rings. The largest absolute Gasteiger partial charge is 0.298 e. The van der Waals surface area contributed by atoms with E-state index in [9.17, 15) is 0 Å². The van der Waals surface area contributed by atoms with Crippen LogP contribution < -0.4 is 0 Å². The van der Waals surface area contributed by atoms with Crippen molar-refractivity contribution in [3.63, 3.8) is 0 Å². The van der Waals surface area contributed by atoms with Crippen molar-refractivity contribution in [2.24, 2.45) is 0 Å². The molecular formula is C9H13N3. The van der Waals surface area contributed by atoms with E-state index in [1.54, 1.807) is 6.20 Å². The molecule has 64 valence electrons. The van der Waals surface area contributed by atoms with Crippen LogP contribution in [0.3, 0.4) is 0 Å². The fourth-order valence-corrected chi connectivity index (χ4v) is 1.32. The molecule has 1 saturated carbocycles. The summed E-state index contributed by atoms with van der Waals surface area (Å²) < 4.78 is 0. The van der Waals surface area contributed by atoms with E-state index in [1.807, 2.05) is 12.1 Å². The van der Waals surface area contributed by atoms with Crippen LogP contribution in [0.1, 0.15) is 18.5 Å². The molecule has 3 heteroatoms. The molecule has 2 rings (SSSR count). The standard InChI is InChI=1S/C9H13N3/c1-12(9-4-5-9)7-8-3-2-6-10-11-8/h2-3,6,9H,4-5,7H2,1H3. The zero-order valence-corrected chi connectivity index (χ0v) is 7.27. The third kappa shape index (κ3) is 1.80. The van der Waals surface area contributed by atoms with Gasteiger partial charge in [0.25, 0.3) is 0 Å². The Kier molecular flexibility index (Phi) is 2.04. The summed E-state index contributed by atoms with van der Waals surface area (Å²) >= 11 is 0. The topological polar surface area (TPSA) is 29.0 Å². The van der Waals surface area contributed by atoms with Crippen LogP contribution in [-0.4, -0.2) is 28.2 Å². The highest BCUT2D eigenvalue weighted by molar-refractivity contribution is 4.99. The Labute approximate surface area is 72.4 Å². The third-order valence-electron chi connectivity index (χ3n) is 2.21. The van der Waals surface area contributed by atoms with Crippen LogP contribution in [0.2, 0.25) is 0 Å². The second kappa shape index (κ2) is 3.19. The summed E-state index contributed by atoms with van der Waals surface area (Å²) in [5.74, 6) is 0. The molecule has 1 aliphatic rings. The first-order valence-corrected chi connectivity index (χ1v) is 4.33. The molecule has 0 unspecified atom stereocenters. The Hall–Kier alpha value is -0.960. The zero-order chi connectivity index (χ0) is 8.39. The van der Waals surface area contributed by atoms with Gasteiger partial charge >= 0.3 is 0 Å². The van der Waals surface area contributed by atoms with E-state index in [2.05, 4.69) is 22.1 Å². The lowest BCUT2D eigenvalue weighted by Gasteiger charge is -2.13. The van der Waals surface area contributed by atoms with E-state index < -0.39 is 0 Å². The van der Waals surface area contributed by atoms with Gasteiger partial charge < -0.3 is 0 Å². The van der Waals surface area contributed by atoms with Crippen molar-refractivity contribution < 1.29 is 0 Å². The van der Waals surface area contributed by atoms with Crippen molar-refractivity contribution in [1.82, 2.24) is 15.1 Å². The van der Waals surface area contributed by atoms with Crippen LogP contribution >= 0.6 is 0 Å². The molecule has 3 nitrogen and oxygen atoms in total. The fourth-order valence-electron chi connectivity index (χ4n) is 1.32. The SMILES string of the molecule is CN(Cc1cccnn1)C1CC1. The van der Waals surface area contributed by atoms with Gasteiger partial charge in [-0.15, -0.1) is 0 Å². The summed E-state index contributed by atoms with van der Waals surface area (Å²) in [6.45, 7) is 0.929. The lowest BCUT2D eigenvalue weighted by molar-refractivity contribution is 0.311. The number of rotatable bonds is 3. The van der Waals surface area contributed by atoms with Crippen LogP contribution in [0, 0.1) is 0 Å². The predicted molar refractivity (Wildman–Crippen MR) is 46.5 cm³/mol. The molecule has 0 aromatic carbocycles. The Morgan fingerprint density at radius 1 is 1.58 bits per heavy atom. The van der Waals surface area contributed by atoms with Crippen molar-refractivity contribution in [3.05, 3.63) is 24.0 Å². The summed E-state index contributed by atoms with van der Waals surface area (Å²) in [5.41, 5.74) is 1.06. The summed E-state index contributed by atoms with van der Waals surface area (Å²) in [6.07, 6.45) is 4.40. The van der Waals surface area contributed by atoms with E-state index in [4.69, 9.17) is 0 Å². The molecule has 1 heterocycles. The number of nitrogens with zero attached hydrogens (tertiary/aromatic N) is 3. The number of hydrogen-bond acceptors (Lipinski definition) is 3. The van der Waals surface area contributed by atoms with Gasteiger partial charge in [0.05, 0.1) is 5.69 Å². The Balaban J connectivity index is 1.94. The summed E-state index contributed by atoms with van der Waals surface area (Å²) in [6, 6.07) is 4.75. The van der Waals surface area contributed by atoms with Gasteiger partial charge in [-0.2, -0.15) is 10.2 Å². The molecule has 0 atom stereocenters. The van der Waals surface area contributed by atoms with E-state index in [-0.39, 0.29) is 0 Å². The first-order valence-electron chi connectivity index (χ1n) is 4.33. The third-order valence-corrected chi connectivity index (χ3v) is 2.21. The van der Waals surface area contributed by atoms with Crippen LogP contribution in [0.4, 0.5) is 0 Å². The maximum Gasteiger partial charge on any atom is 0.0771 e. The lowest BCUT2D eigenvalue weighted by atomic mass is 10.3. The van der Waals surface area contributed by atoms with Gasteiger partial charge in [0.15, 0.2) is 0 Å². The quantitative estimate of drug-likeness (QED) is 0.667. The van der Waals surface area contributed by atoms with Crippen molar-refractivity contribution >= 4 is 0 Å². The monoisotopic (exact) mass is 163 g/mol. The van der Waals surface area contributed by atoms with Gasteiger partial charge in [-0.25, -0.2) is 0 Å². The molecule has 1 aromatic heterocycles. The van der Waals surface area contributed by atoms with Gasteiger partial charge in [-0.1, -0.05) is 0 Å². The maximum absolute atomic E-state index is 4.04. The van der Waals surface area contributed by atoms with Crippen molar-refractivity contribution in [2.45, 2.75) is 25.4 Å². The highest BCUT2D eigenvalue weighted by Gasteiger charge is 2.25. The molecule has 12 heavy (non-hydrogen) atoms. The molecule has 0 aliphatic heterocycles. The number of hydrogen-bond donors (Lipinski definition) is 0. The number of aromatic nitrogens is 2. The van der Waals surface area contributed by atoms with Crippen molar-refractivity contribution in [3.8, 4) is 0 Å². The van der Waals surface area contributed by atoms with Gasteiger partial charge in [-0.3, -0.25) is 4.90 Å². The molecule has 1 aliphatic carbocycles. The summed E-state index contributed by atoms with van der Waals surface area (Å²) in [5, 5.41) is 7.88. The molecular weight excluding hydrogens is 150 g/mol. The minimum Gasteiger partial charge on any atom is -0.298 e. The van der Waals surface area contributed by atoms with Crippen LogP contribution in [-0.2, 0) is 6.54 Å². The first-order chi connectivity index (χ1) is 5.86. The van der Waals surface area contributed by atoms with Crippen molar-refractivity contribution in [1.29, 1.82) is 0 Å². The van der Waals surface area contributed by atoms with E-state index in [0.29, 0.717) is 0 Å². The molecule has 0 spiro atoms. The second-order valence-corrected chi connectivity index (χ2v) is 3.36. The maximum atomic E-state index is 4.04. The lowest BCUT2D eigenvalue weighted by Crippen LogP contribution is -2.20. The predicted octanol–water partition coefficient (Wildman–Crippen LogP) is 1.07. The van der Waals surface area contributed by atoms with Crippen LogP contribution in [0.25, 0.3) is 0 Å². The Morgan fingerprint density at radius 3 is 3.00 bits per heavy atom. The Morgan fingerprint density at radius 2 is 2.42 bits per heavy atom. The highest BCUT2D eigenvalue weighted by atomic mass is 15.2. The minimum atomic E-state index is 0.798. The van der Waals surface area contributed by atoms with E-state index in [1.165, 1.54) is 12.8 Å². The van der Waals surface area contributed by atoms with Gasteiger partial charge in [0.1, 0.15) is 0 Å². The van der Waals surface area contributed by atoms with E-state index in [0.717, 1.165) is 18.3 Å². The van der Waals surface area contributed by atoms with Gasteiger partial charge in [-0.05, 0) is 32.0 Å². The zero-order valence-electron chi connectivity index (χ0n) is 7.27. The second-order valence-electron chi connectivity index (χ2n) is 3.36. The average Bonchev–Trinajstić information content (AvgIpc) is 2.88. The van der Waals surface area contributed by atoms with E-state index >= 15 is 0 Å². The smallest absolute Gasteiger partial charge is 0.0771 e. The molecule has 0 amide bonds. The molecule has 0 N–H and O–H groups in total. The summed E-state index contributed by atoms with van der Waals surface area (Å²) in [7, 11) is 2.15. The normalized spacial score (nSPS) is 16.8. The van der Waals surface area contributed by atoms with Gasteiger partial charge in [0.2, 0.25) is 0 Å². The molecule has 0 bridgehead atoms. The minimum absolute atomic E-state index is 0.798. The molecule has 0 radical (unpaired) electrons. The Bertz CT molecular complexity index is 243. The van der Waals surface area contributed by atoms with Crippen LogP contribution in [0.5, 0.6) is 0 Å². The van der Waals surface area contributed by atoms with Crippen molar-refractivity contribution in [2.75, 3.05) is 7.05 Å². The van der Waals surface area contributed by atoms with Gasteiger partial charge in [0, 0.05) is 18.8 Å². The molecule has 0 saturated heterocycles. The van der Waals surface area contributed by atoms with Crippen LogP contribution in [0.15, 0.2) is 18.3 Å². The summed E-state index contributed by atoms with van der Waals surface area (Å²) in [4.78, 5) is 2.34. The molecule has 1 aromatic rings. The average molecular weight is 163 g/mol. The first kappa shape index (κ1) is 7.68. The fraction of sp³-hybridized carbons (Fsp3) is 0.556. The highest BCUT2D eigenvalue weighted by Crippen LogP contribution is 2.26.